The number of carbonyl (C=O) groups excluding carboxylic acids is 1. The highest BCUT2D eigenvalue weighted by Gasteiger charge is 2.29. The van der Waals surface area contributed by atoms with E-state index in [0.29, 0.717) is 45.0 Å². The van der Waals surface area contributed by atoms with Gasteiger partial charge in [-0.25, -0.2) is 8.42 Å². The molecule has 2 aliphatic heterocycles. The summed E-state index contributed by atoms with van der Waals surface area (Å²) in [5.74, 6) is -0.166. The Bertz CT molecular complexity index is 720. The fourth-order valence-electron chi connectivity index (χ4n) is 3.25. The SMILES string of the molecule is C[C@@H]1CN(C(=O)c2cccc(S(=O)(=O)N3CCOCC3)c2)C[C@@H](C)O1. The van der Waals surface area contributed by atoms with Gasteiger partial charge in [-0.15, -0.1) is 0 Å². The van der Waals surface area contributed by atoms with Crippen LogP contribution in [0, 0.1) is 0 Å². The van der Waals surface area contributed by atoms with Gasteiger partial charge in [-0.1, -0.05) is 6.07 Å². The van der Waals surface area contributed by atoms with Crippen molar-refractivity contribution in [2.45, 2.75) is 31.0 Å². The molecule has 2 saturated heterocycles. The average molecular weight is 368 g/mol. The van der Waals surface area contributed by atoms with Gasteiger partial charge in [0.1, 0.15) is 0 Å². The molecule has 0 saturated carbocycles. The van der Waals surface area contributed by atoms with Crippen LogP contribution in [0.2, 0.25) is 0 Å². The Balaban J connectivity index is 1.82. The second-order valence-electron chi connectivity index (χ2n) is 6.51. The summed E-state index contributed by atoms with van der Waals surface area (Å²) in [5.41, 5.74) is 0.385. The van der Waals surface area contributed by atoms with E-state index in [1.807, 2.05) is 13.8 Å². The number of rotatable bonds is 3. The number of morpholine rings is 2. The Hall–Kier alpha value is -1.48. The van der Waals surface area contributed by atoms with Gasteiger partial charge in [-0.05, 0) is 32.0 Å². The zero-order chi connectivity index (χ0) is 18.0. The number of benzene rings is 1. The molecule has 3 rings (SSSR count). The minimum atomic E-state index is -3.61. The number of hydrogen-bond acceptors (Lipinski definition) is 5. The van der Waals surface area contributed by atoms with Gasteiger partial charge in [0.05, 0.1) is 30.3 Å². The Kier molecular flexibility index (Phi) is 5.43. The third kappa shape index (κ3) is 4.03. The highest BCUT2D eigenvalue weighted by molar-refractivity contribution is 7.89. The lowest BCUT2D eigenvalue weighted by Gasteiger charge is -2.35. The van der Waals surface area contributed by atoms with Crippen LogP contribution in [0.25, 0.3) is 0 Å². The Labute approximate surface area is 148 Å². The van der Waals surface area contributed by atoms with Crippen molar-refractivity contribution >= 4 is 15.9 Å². The van der Waals surface area contributed by atoms with Crippen molar-refractivity contribution in [2.24, 2.45) is 0 Å². The van der Waals surface area contributed by atoms with Crippen molar-refractivity contribution in [3.05, 3.63) is 29.8 Å². The van der Waals surface area contributed by atoms with Crippen LogP contribution in [0.4, 0.5) is 0 Å². The van der Waals surface area contributed by atoms with Crippen LogP contribution >= 0.6 is 0 Å². The summed E-state index contributed by atoms with van der Waals surface area (Å²) in [6.45, 7) is 6.30. The van der Waals surface area contributed by atoms with Crippen molar-refractivity contribution < 1.29 is 22.7 Å². The summed E-state index contributed by atoms with van der Waals surface area (Å²) in [4.78, 5) is 14.7. The van der Waals surface area contributed by atoms with Gasteiger partial charge in [0.2, 0.25) is 10.0 Å². The average Bonchev–Trinajstić information content (AvgIpc) is 2.61. The van der Waals surface area contributed by atoms with Crippen molar-refractivity contribution in [2.75, 3.05) is 39.4 Å². The molecule has 1 aromatic rings. The number of carbonyl (C=O) groups is 1. The van der Waals surface area contributed by atoms with Gasteiger partial charge < -0.3 is 14.4 Å². The highest BCUT2D eigenvalue weighted by atomic mass is 32.2. The molecule has 0 bridgehead atoms. The zero-order valence-corrected chi connectivity index (χ0v) is 15.4. The van der Waals surface area contributed by atoms with Crippen molar-refractivity contribution in [1.29, 1.82) is 0 Å². The standard InChI is InChI=1S/C17H24N2O5S/c1-13-11-18(12-14(2)24-13)17(20)15-4-3-5-16(10-15)25(21,22)19-6-8-23-9-7-19/h3-5,10,13-14H,6-9,11-12H2,1-2H3/t13-,14-/m1/s1. The van der Waals surface area contributed by atoms with E-state index in [9.17, 15) is 13.2 Å². The van der Waals surface area contributed by atoms with E-state index < -0.39 is 10.0 Å². The fourth-order valence-corrected chi connectivity index (χ4v) is 4.71. The molecule has 8 heteroatoms. The van der Waals surface area contributed by atoms with Crippen LogP contribution in [0.1, 0.15) is 24.2 Å². The van der Waals surface area contributed by atoms with E-state index in [-0.39, 0.29) is 23.0 Å². The topological polar surface area (TPSA) is 76.2 Å². The van der Waals surface area contributed by atoms with Crippen LogP contribution in [0.15, 0.2) is 29.2 Å². The smallest absolute Gasteiger partial charge is 0.254 e. The van der Waals surface area contributed by atoms with Gasteiger partial charge in [0.15, 0.2) is 0 Å². The van der Waals surface area contributed by atoms with Crippen LogP contribution in [-0.4, -0.2) is 75.1 Å². The van der Waals surface area contributed by atoms with Crippen LogP contribution in [0.3, 0.4) is 0 Å². The molecular formula is C17H24N2O5S. The molecule has 0 aromatic heterocycles. The number of sulfonamides is 1. The molecule has 0 aliphatic carbocycles. The molecule has 0 unspecified atom stereocenters. The number of hydrogen-bond donors (Lipinski definition) is 0. The molecule has 2 fully saturated rings. The van der Waals surface area contributed by atoms with E-state index in [4.69, 9.17) is 9.47 Å². The molecule has 0 radical (unpaired) electrons. The molecule has 2 atom stereocenters. The molecular weight excluding hydrogens is 344 g/mol. The maximum absolute atomic E-state index is 12.8. The molecule has 138 valence electrons. The first-order valence-corrected chi connectivity index (χ1v) is 9.94. The van der Waals surface area contributed by atoms with E-state index in [2.05, 4.69) is 0 Å². The second-order valence-corrected chi connectivity index (χ2v) is 8.45. The summed E-state index contributed by atoms with van der Waals surface area (Å²) >= 11 is 0. The minimum Gasteiger partial charge on any atom is -0.379 e. The summed E-state index contributed by atoms with van der Waals surface area (Å²) in [7, 11) is -3.61. The lowest BCUT2D eigenvalue weighted by molar-refractivity contribution is -0.0586. The third-order valence-electron chi connectivity index (χ3n) is 4.40. The Morgan fingerprint density at radius 2 is 1.76 bits per heavy atom. The van der Waals surface area contributed by atoms with Gasteiger partial charge in [-0.2, -0.15) is 4.31 Å². The van der Waals surface area contributed by atoms with Crippen LogP contribution in [-0.2, 0) is 19.5 Å². The maximum atomic E-state index is 12.8. The Morgan fingerprint density at radius 3 is 2.40 bits per heavy atom. The quantitative estimate of drug-likeness (QED) is 0.794. The Morgan fingerprint density at radius 1 is 1.12 bits per heavy atom. The van der Waals surface area contributed by atoms with Crippen LogP contribution < -0.4 is 0 Å². The summed E-state index contributed by atoms with van der Waals surface area (Å²) in [6, 6.07) is 6.28. The first kappa shape index (κ1) is 18.3. The molecule has 0 N–H and O–H groups in total. The van der Waals surface area contributed by atoms with Crippen molar-refractivity contribution in [3.8, 4) is 0 Å². The maximum Gasteiger partial charge on any atom is 0.254 e. The fraction of sp³-hybridized carbons (Fsp3) is 0.588. The van der Waals surface area contributed by atoms with Gasteiger partial charge in [-0.3, -0.25) is 4.79 Å². The molecule has 1 amide bonds. The van der Waals surface area contributed by atoms with Gasteiger partial charge in [0.25, 0.3) is 5.91 Å². The number of amides is 1. The lowest BCUT2D eigenvalue weighted by Crippen LogP contribution is -2.48. The number of ether oxygens (including phenoxy) is 2. The first-order valence-electron chi connectivity index (χ1n) is 8.50. The zero-order valence-electron chi connectivity index (χ0n) is 14.6. The largest absolute Gasteiger partial charge is 0.379 e. The van der Waals surface area contributed by atoms with Crippen LogP contribution in [0.5, 0.6) is 0 Å². The molecule has 1 aromatic carbocycles. The molecule has 25 heavy (non-hydrogen) atoms. The highest BCUT2D eigenvalue weighted by Crippen LogP contribution is 2.20. The van der Waals surface area contributed by atoms with Gasteiger partial charge in [0, 0.05) is 31.7 Å². The normalized spacial score (nSPS) is 25.8. The predicted molar refractivity (Wildman–Crippen MR) is 91.9 cm³/mol. The van der Waals surface area contributed by atoms with Gasteiger partial charge >= 0.3 is 0 Å². The van der Waals surface area contributed by atoms with E-state index in [1.165, 1.54) is 16.4 Å². The molecule has 0 spiro atoms. The minimum absolute atomic E-state index is 0.0343. The molecule has 2 aliphatic rings. The molecule has 2 heterocycles. The summed E-state index contributed by atoms with van der Waals surface area (Å²) < 4.78 is 37.8. The summed E-state index contributed by atoms with van der Waals surface area (Å²) in [5, 5.41) is 0. The first-order chi connectivity index (χ1) is 11.9. The monoisotopic (exact) mass is 368 g/mol. The lowest BCUT2D eigenvalue weighted by atomic mass is 10.1. The van der Waals surface area contributed by atoms with Crippen molar-refractivity contribution in [3.63, 3.8) is 0 Å². The predicted octanol–water partition coefficient (Wildman–Crippen LogP) is 0.957. The number of nitrogens with zero attached hydrogens (tertiary/aromatic N) is 2. The van der Waals surface area contributed by atoms with E-state index >= 15 is 0 Å². The van der Waals surface area contributed by atoms with E-state index in [0.717, 1.165) is 0 Å². The molecule has 7 nitrogen and oxygen atoms in total. The van der Waals surface area contributed by atoms with E-state index in [1.54, 1.807) is 17.0 Å². The third-order valence-corrected chi connectivity index (χ3v) is 6.29. The van der Waals surface area contributed by atoms with Crippen molar-refractivity contribution in [1.82, 2.24) is 9.21 Å². The summed E-state index contributed by atoms with van der Waals surface area (Å²) in [6.07, 6.45) is -0.0686. The second kappa shape index (κ2) is 7.41.